The molecule has 19 heavy (non-hydrogen) atoms. The first-order chi connectivity index (χ1) is 9.24. The van der Waals surface area contributed by atoms with Gasteiger partial charge in [-0.15, -0.1) is 0 Å². The molecule has 0 fully saturated rings. The fourth-order valence-electron chi connectivity index (χ4n) is 1.95. The average Bonchev–Trinajstić information content (AvgIpc) is 2.41. The van der Waals surface area contributed by atoms with E-state index in [9.17, 15) is 0 Å². The number of rotatable bonds is 10. The summed E-state index contributed by atoms with van der Waals surface area (Å²) in [6.45, 7) is 7.58. The fraction of sp³-hybridized carbons (Fsp3) is 0.625. The molecule has 3 nitrogen and oxygen atoms in total. The van der Waals surface area contributed by atoms with Crippen LogP contribution in [-0.4, -0.2) is 33.5 Å². The third-order valence-electron chi connectivity index (χ3n) is 3.14. The lowest BCUT2D eigenvalue weighted by molar-refractivity contribution is 0.0687. The van der Waals surface area contributed by atoms with Gasteiger partial charge in [-0.3, -0.25) is 0 Å². The van der Waals surface area contributed by atoms with E-state index in [2.05, 4.69) is 43.4 Å². The van der Waals surface area contributed by atoms with E-state index in [4.69, 9.17) is 9.47 Å². The number of ether oxygens (including phenoxy) is 2. The number of unbranched alkanes of at least 4 members (excludes halogenated alkanes) is 1. The van der Waals surface area contributed by atoms with E-state index in [1.807, 2.05) is 0 Å². The number of methoxy groups -OCH3 is 1. The van der Waals surface area contributed by atoms with E-state index in [1.165, 1.54) is 11.1 Å². The molecule has 0 aliphatic carbocycles. The zero-order chi connectivity index (χ0) is 13.9. The Morgan fingerprint density at radius 2 is 2.00 bits per heavy atom. The Morgan fingerprint density at radius 3 is 2.74 bits per heavy atom. The van der Waals surface area contributed by atoms with Crippen molar-refractivity contribution in [2.24, 2.45) is 0 Å². The van der Waals surface area contributed by atoms with Crippen molar-refractivity contribution >= 4 is 0 Å². The number of hydrogen-bond donors (Lipinski definition) is 1. The highest BCUT2D eigenvalue weighted by molar-refractivity contribution is 5.24. The van der Waals surface area contributed by atoms with Gasteiger partial charge in [0, 0.05) is 19.8 Å². The summed E-state index contributed by atoms with van der Waals surface area (Å²) in [7, 11) is 1.69. The van der Waals surface area contributed by atoms with Crippen LogP contribution >= 0.6 is 0 Å². The van der Waals surface area contributed by atoms with Crippen molar-refractivity contribution in [2.45, 2.75) is 32.7 Å². The second-order valence-electron chi connectivity index (χ2n) is 4.90. The van der Waals surface area contributed by atoms with Crippen molar-refractivity contribution < 1.29 is 9.47 Å². The van der Waals surface area contributed by atoms with E-state index >= 15 is 0 Å². The van der Waals surface area contributed by atoms with Crippen molar-refractivity contribution in [2.75, 3.05) is 33.5 Å². The summed E-state index contributed by atoms with van der Waals surface area (Å²) < 4.78 is 10.4. The Bertz CT molecular complexity index is 341. The lowest BCUT2D eigenvalue weighted by atomic mass is 10.1. The first-order valence-corrected chi connectivity index (χ1v) is 7.10. The van der Waals surface area contributed by atoms with E-state index in [0.29, 0.717) is 19.3 Å². The Labute approximate surface area is 117 Å². The summed E-state index contributed by atoms with van der Waals surface area (Å²) in [5, 5.41) is 3.55. The first kappa shape index (κ1) is 16.2. The lowest BCUT2D eigenvalue weighted by Crippen LogP contribution is -2.20. The SMILES string of the molecule is COCCOCCCCNC(C)c1cccc(C)c1. The van der Waals surface area contributed by atoms with E-state index < -0.39 is 0 Å². The molecule has 0 spiro atoms. The highest BCUT2D eigenvalue weighted by Gasteiger charge is 2.03. The zero-order valence-corrected chi connectivity index (χ0v) is 12.4. The largest absolute Gasteiger partial charge is 0.382 e. The van der Waals surface area contributed by atoms with Gasteiger partial charge in [0.1, 0.15) is 0 Å². The van der Waals surface area contributed by atoms with Crippen molar-refractivity contribution in [3.05, 3.63) is 35.4 Å². The molecule has 1 aromatic carbocycles. The van der Waals surface area contributed by atoms with Gasteiger partial charge in [0.15, 0.2) is 0 Å². The average molecular weight is 265 g/mol. The van der Waals surface area contributed by atoms with Crippen LogP contribution in [0.5, 0.6) is 0 Å². The molecule has 0 amide bonds. The summed E-state index contributed by atoms with van der Waals surface area (Å²) in [6.07, 6.45) is 2.24. The van der Waals surface area contributed by atoms with Gasteiger partial charge >= 0.3 is 0 Å². The molecule has 0 bridgehead atoms. The molecule has 1 unspecified atom stereocenters. The maximum Gasteiger partial charge on any atom is 0.0700 e. The summed E-state index contributed by atoms with van der Waals surface area (Å²) in [4.78, 5) is 0. The maximum atomic E-state index is 5.43. The molecular formula is C16H27NO2. The van der Waals surface area contributed by atoms with Crippen LogP contribution in [0.25, 0.3) is 0 Å². The van der Waals surface area contributed by atoms with Crippen molar-refractivity contribution in [1.82, 2.24) is 5.32 Å². The maximum absolute atomic E-state index is 5.43. The third kappa shape index (κ3) is 7.31. The standard InChI is InChI=1S/C16H27NO2/c1-14-7-6-8-16(13-14)15(2)17-9-4-5-10-19-12-11-18-3/h6-8,13,15,17H,4-5,9-12H2,1-3H3. The molecule has 0 heterocycles. The van der Waals surface area contributed by atoms with Gasteiger partial charge in [-0.2, -0.15) is 0 Å². The van der Waals surface area contributed by atoms with Crippen LogP contribution in [0.1, 0.15) is 36.9 Å². The molecular weight excluding hydrogens is 238 g/mol. The molecule has 1 aromatic rings. The fourth-order valence-corrected chi connectivity index (χ4v) is 1.95. The molecule has 0 aliphatic heterocycles. The molecule has 1 N–H and O–H groups in total. The van der Waals surface area contributed by atoms with Crippen molar-refractivity contribution in [3.63, 3.8) is 0 Å². The van der Waals surface area contributed by atoms with Gasteiger partial charge in [-0.25, -0.2) is 0 Å². The Balaban J connectivity index is 2.06. The summed E-state index contributed by atoms with van der Waals surface area (Å²) in [5.41, 5.74) is 2.68. The van der Waals surface area contributed by atoms with Crippen LogP contribution in [-0.2, 0) is 9.47 Å². The van der Waals surface area contributed by atoms with Crippen molar-refractivity contribution in [1.29, 1.82) is 0 Å². The van der Waals surface area contributed by atoms with Crippen LogP contribution < -0.4 is 5.32 Å². The van der Waals surface area contributed by atoms with Crippen LogP contribution in [0.2, 0.25) is 0 Å². The second kappa shape index (κ2) is 9.96. The van der Waals surface area contributed by atoms with Gasteiger partial charge in [0.05, 0.1) is 13.2 Å². The molecule has 3 heteroatoms. The zero-order valence-electron chi connectivity index (χ0n) is 12.4. The third-order valence-corrected chi connectivity index (χ3v) is 3.14. The van der Waals surface area contributed by atoms with Gasteiger partial charge in [-0.05, 0) is 38.8 Å². The molecule has 108 valence electrons. The minimum atomic E-state index is 0.411. The minimum Gasteiger partial charge on any atom is -0.382 e. The summed E-state index contributed by atoms with van der Waals surface area (Å²) in [5.74, 6) is 0. The molecule has 0 saturated carbocycles. The smallest absolute Gasteiger partial charge is 0.0700 e. The second-order valence-corrected chi connectivity index (χ2v) is 4.90. The van der Waals surface area contributed by atoms with Crippen LogP contribution in [0.4, 0.5) is 0 Å². The highest BCUT2D eigenvalue weighted by atomic mass is 16.5. The molecule has 0 aromatic heterocycles. The quantitative estimate of drug-likeness (QED) is 0.659. The molecule has 0 saturated heterocycles. The number of aryl methyl sites for hydroxylation is 1. The van der Waals surface area contributed by atoms with E-state index in [1.54, 1.807) is 7.11 Å². The Kier molecular flexibility index (Phi) is 8.47. The predicted octanol–water partition coefficient (Wildman–Crippen LogP) is 3.09. The minimum absolute atomic E-state index is 0.411. The first-order valence-electron chi connectivity index (χ1n) is 7.10. The van der Waals surface area contributed by atoms with E-state index in [0.717, 1.165) is 26.0 Å². The van der Waals surface area contributed by atoms with Crippen LogP contribution in [0.15, 0.2) is 24.3 Å². The Morgan fingerprint density at radius 1 is 1.16 bits per heavy atom. The van der Waals surface area contributed by atoms with Gasteiger partial charge in [0.2, 0.25) is 0 Å². The molecule has 0 radical (unpaired) electrons. The monoisotopic (exact) mass is 265 g/mol. The van der Waals surface area contributed by atoms with Crippen LogP contribution in [0, 0.1) is 6.92 Å². The van der Waals surface area contributed by atoms with Gasteiger partial charge in [-0.1, -0.05) is 29.8 Å². The lowest BCUT2D eigenvalue weighted by Gasteiger charge is -2.14. The molecule has 1 rings (SSSR count). The van der Waals surface area contributed by atoms with Crippen molar-refractivity contribution in [3.8, 4) is 0 Å². The number of nitrogens with one attached hydrogen (secondary N) is 1. The highest BCUT2D eigenvalue weighted by Crippen LogP contribution is 2.13. The number of hydrogen-bond acceptors (Lipinski definition) is 3. The molecule has 1 atom stereocenters. The number of benzene rings is 1. The van der Waals surface area contributed by atoms with Gasteiger partial charge < -0.3 is 14.8 Å². The predicted molar refractivity (Wildman–Crippen MR) is 79.5 cm³/mol. The Hall–Kier alpha value is -0.900. The summed E-state index contributed by atoms with van der Waals surface area (Å²) >= 11 is 0. The van der Waals surface area contributed by atoms with E-state index in [-0.39, 0.29) is 0 Å². The van der Waals surface area contributed by atoms with Gasteiger partial charge in [0.25, 0.3) is 0 Å². The topological polar surface area (TPSA) is 30.5 Å². The summed E-state index contributed by atoms with van der Waals surface area (Å²) in [6, 6.07) is 9.08. The molecule has 0 aliphatic rings. The van der Waals surface area contributed by atoms with Crippen LogP contribution in [0.3, 0.4) is 0 Å². The normalized spacial score (nSPS) is 12.6.